The first-order valence-corrected chi connectivity index (χ1v) is 8.11. The highest BCUT2D eigenvalue weighted by molar-refractivity contribution is 5.79. The number of pyridine rings is 1. The van der Waals surface area contributed by atoms with Crippen LogP contribution >= 0.6 is 0 Å². The molecule has 1 aromatic heterocycles. The van der Waals surface area contributed by atoms with Gasteiger partial charge in [0, 0.05) is 30.7 Å². The van der Waals surface area contributed by atoms with Gasteiger partial charge in [-0.2, -0.15) is 0 Å². The largest absolute Gasteiger partial charge is 0.322 e. The maximum absolute atomic E-state index is 12.4. The van der Waals surface area contributed by atoms with E-state index in [1.807, 2.05) is 19.1 Å². The van der Waals surface area contributed by atoms with Crippen molar-refractivity contribution in [1.29, 1.82) is 0 Å². The Labute approximate surface area is 135 Å². The van der Waals surface area contributed by atoms with Crippen LogP contribution in [0.3, 0.4) is 0 Å². The van der Waals surface area contributed by atoms with Gasteiger partial charge in [-0.1, -0.05) is 36.4 Å². The molecule has 0 saturated heterocycles. The van der Waals surface area contributed by atoms with E-state index < -0.39 is 0 Å². The number of rotatable bonds is 2. The van der Waals surface area contributed by atoms with Gasteiger partial charge in [-0.3, -0.25) is 9.69 Å². The Morgan fingerprint density at radius 2 is 1.91 bits per heavy atom. The molecule has 0 unspecified atom stereocenters. The highest BCUT2D eigenvalue weighted by Crippen LogP contribution is 2.20. The van der Waals surface area contributed by atoms with E-state index in [4.69, 9.17) is 0 Å². The molecule has 4 rings (SSSR count). The standard InChI is InChI=1S/C20H20N2O/c1-14-6-7-16-11-18(20(23)21-19(16)10-14)13-22-9-8-15-4-2-3-5-17(15)12-22/h2-7,10-11H,8-9,12-13H2,1H3,(H,21,23). The predicted molar refractivity (Wildman–Crippen MR) is 93.6 cm³/mol. The number of benzene rings is 2. The van der Waals surface area contributed by atoms with E-state index in [1.54, 1.807) is 0 Å². The molecule has 1 aliphatic heterocycles. The summed E-state index contributed by atoms with van der Waals surface area (Å²) in [7, 11) is 0. The molecule has 2 heterocycles. The van der Waals surface area contributed by atoms with Gasteiger partial charge in [-0.05, 0) is 47.6 Å². The van der Waals surface area contributed by atoms with E-state index in [1.165, 1.54) is 11.1 Å². The van der Waals surface area contributed by atoms with Crippen molar-refractivity contribution in [1.82, 2.24) is 9.88 Å². The van der Waals surface area contributed by atoms with Gasteiger partial charge in [-0.15, -0.1) is 0 Å². The predicted octanol–water partition coefficient (Wildman–Crippen LogP) is 3.39. The number of aromatic nitrogens is 1. The van der Waals surface area contributed by atoms with Crippen LogP contribution in [-0.4, -0.2) is 16.4 Å². The van der Waals surface area contributed by atoms with Crippen LogP contribution in [-0.2, 0) is 19.5 Å². The third-order valence-corrected chi connectivity index (χ3v) is 4.68. The average Bonchev–Trinajstić information content (AvgIpc) is 2.56. The molecule has 0 fully saturated rings. The Kier molecular flexibility index (Phi) is 3.50. The van der Waals surface area contributed by atoms with E-state index in [0.717, 1.165) is 41.5 Å². The average molecular weight is 304 g/mol. The second-order valence-corrected chi connectivity index (χ2v) is 6.44. The first kappa shape index (κ1) is 14.2. The lowest BCUT2D eigenvalue weighted by Gasteiger charge is -2.28. The van der Waals surface area contributed by atoms with Crippen LogP contribution in [0.2, 0.25) is 0 Å². The SMILES string of the molecule is Cc1ccc2cc(CN3CCc4ccccc4C3)c(=O)[nH]c2c1. The molecular weight excluding hydrogens is 284 g/mol. The third-order valence-electron chi connectivity index (χ3n) is 4.68. The normalized spacial score (nSPS) is 14.8. The maximum atomic E-state index is 12.4. The Morgan fingerprint density at radius 1 is 1.09 bits per heavy atom. The lowest BCUT2D eigenvalue weighted by atomic mass is 9.99. The second kappa shape index (κ2) is 5.67. The molecule has 1 aliphatic rings. The molecule has 1 N–H and O–H groups in total. The van der Waals surface area contributed by atoms with Crippen LogP contribution < -0.4 is 5.56 Å². The summed E-state index contributed by atoms with van der Waals surface area (Å²) < 4.78 is 0. The first-order chi connectivity index (χ1) is 11.2. The van der Waals surface area contributed by atoms with E-state index in [-0.39, 0.29) is 5.56 Å². The maximum Gasteiger partial charge on any atom is 0.252 e. The highest BCUT2D eigenvalue weighted by Gasteiger charge is 2.17. The van der Waals surface area contributed by atoms with Crippen molar-refractivity contribution < 1.29 is 0 Å². The first-order valence-electron chi connectivity index (χ1n) is 8.11. The Hall–Kier alpha value is -2.39. The van der Waals surface area contributed by atoms with Gasteiger partial charge in [0.1, 0.15) is 0 Å². The molecule has 0 aliphatic carbocycles. The van der Waals surface area contributed by atoms with Gasteiger partial charge >= 0.3 is 0 Å². The molecule has 0 amide bonds. The number of fused-ring (bicyclic) bond motifs is 2. The van der Waals surface area contributed by atoms with Gasteiger partial charge in [0.15, 0.2) is 0 Å². The summed E-state index contributed by atoms with van der Waals surface area (Å²) >= 11 is 0. The molecule has 23 heavy (non-hydrogen) atoms. The molecular formula is C20H20N2O. The van der Waals surface area contributed by atoms with Crippen LogP contribution in [0.1, 0.15) is 22.3 Å². The number of hydrogen-bond donors (Lipinski definition) is 1. The molecule has 0 radical (unpaired) electrons. The smallest absolute Gasteiger partial charge is 0.252 e. The molecule has 3 heteroatoms. The molecule has 0 spiro atoms. The molecule has 0 atom stereocenters. The van der Waals surface area contributed by atoms with Crippen molar-refractivity contribution in [2.45, 2.75) is 26.4 Å². The topological polar surface area (TPSA) is 36.1 Å². The summed E-state index contributed by atoms with van der Waals surface area (Å²) in [5.41, 5.74) is 5.78. The van der Waals surface area contributed by atoms with E-state index in [2.05, 4.69) is 46.3 Å². The third kappa shape index (κ3) is 2.80. The van der Waals surface area contributed by atoms with Gasteiger partial charge in [0.25, 0.3) is 5.56 Å². The fourth-order valence-electron chi connectivity index (χ4n) is 3.41. The van der Waals surface area contributed by atoms with Crippen molar-refractivity contribution in [2.75, 3.05) is 6.54 Å². The summed E-state index contributed by atoms with van der Waals surface area (Å²) in [5, 5.41) is 1.10. The van der Waals surface area contributed by atoms with Crippen molar-refractivity contribution in [3.05, 3.63) is 81.1 Å². The van der Waals surface area contributed by atoms with Crippen LogP contribution in [0.25, 0.3) is 10.9 Å². The van der Waals surface area contributed by atoms with Crippen molar-refractivity contribution >= 4 is 10.9 Å². The fraction of sp³-hybridized carbons (Fsp3) is 0.250. The second-order valence-electron chi connectivity index (χ2n) is 6.44. The monoisotopic (exact) mass is 304 g/mol. The fourth-order valence-corrected chi connectivity index (χ4v) is 3.41. The minimum atomic E-state index is 0.0296. The highest BCUT2D eigenvalue weighted by atomic mass is 16.1. The van der Waals surface area contributed by atoms with Gasteiger partial charge in [-0.25, -0.2) is 0 Å². The molecule has 116 valence electrons. The van der Waals surface area contributed by atoms with Crippen LogP contribution in [0.4, 0.5) is 0 Å². The number of aryl methyl sites for hydroxylation is 1. The van der Waals surface area contributed by atoms with Crippen molar-refractivity contribution in [3.8, 4) is 0 Å². The van der Waals surface area contributed by atoms with Crippen molar-refractivity contribution in [3.63, 3.8) is 0 Å². The summed E-state index contributed by atoms with van der Waals surface area (Å²) in [4.78, 5) is 17.8. The number of nitrogens with zero attached hydrogens (tertiary/aromatic N) is 1. The van der Waals surface area contributed by atoms with Crippen LogP contribution in [0, 0.1) is 6.92 Å². The lowest BCUT2D eigenvalue weighted by molar-refractivity contribution is 0.244. The Bertz CT molecular complexity index is 926. The van der Waals surface area contributed by atoms with E-state index in [9.17, 15) is 4.79 Å². The summed E-state index contributed by atoms with van der Waals surface area (Å²) in [6.07, 6.45) is 1.06. The summed E-state index contributed by atoms with van der Waals surface area (Å²) in [6.45, 7) is 4.66. The van der Waals surface area contributed by atoms with Gasteiger partial charge in [0.05, 0.1) is 0 Å². The molecule has 3 nitrogen and oxygen atoms in total. The zero-order valence-electron chi connectivity index (χ0n) is 13.3. The zero-order valence-corrected chi connectivity index (χ0v) is 13.3. The molecule has 3 aromatic rings. The number of hydrogen-bond acceptors (Lipinski definition) is 2. The van der Waals surface area contributed by atoms with Crippen LogP contribution in [0.15, 0.2) is 53.3 Å². The Morgan fingerprint density at radius 3 is 2.78 bits per heavy atom. The zero-order chi connectivity index (χ0) is 15.8. The van der Waals surface area contributed by atoms with E-state index in [0.29, 0.717) is 6.54 Å². The van der Waals surface area contributed by atoms with Crippen LogP contribution in [0.5, 0.6) is 0 Å². The quantitative estimate of drug-likeness (QED) is 0.788. The van der Waals surface area contributed by atoms with Crippen molar-refractivity contribution in [2.24, 2.45) is 0 Å². The number of H-pyrrole nitrogens is 1. The number of nitrogens with one attached hydrogen (secondary N) is 1. The van der Waals surface area contributed by atoms with Gasteiger partial charge < -0.3 is 4.98 Å². The van der Waals surface area contributed by atoms with E-state index >= 15 is 0 Å². The lowest BCUT2D eigenvalue weighted by Crippen LogP contribution is -2.32. The molecule has 0 saturated carbocycles. The minimum Gasteiger partial charge on any atom is -0.322 e. The minimum absolute atomic E-state index is 0.0296. The molecule has 0 bridgehead atoms. The summed E-state index contributed by atoms with van der Waals surface area (Å²) in [5.74, 6) is 0. The molecule has 2 aromatic carbocycles. The summed E-state index contributed by atoms with van der Waals surface area (Å²) in [6, 6.07) is 16.8. The van der Waals surface area contributed by atoms with Gasteiger partial charge in [0.2, 0.25) is 0 Å². The number of aromatic amines is 1. The Balaban J connectivity index is 1.62.